The number of allylic oxidation sites excluding steroid dienone is 6. The van der Waals surface area contributed by atoms with Crippen molar-refractivity contribution in [2.24, 2.45) is 28.3 Å². The second-order valence-corrected chi connectivity index (χ2v) is 11.2. The lowest BCUT2D eigenvalue weighted by molar-refractivity contribution is 0.0628. The average Bonchev–Trinajstić information content (AvgIpc) is 3.14. The molecule has 5 heteroatoms. The first kappa shape index (κ1) is 22.8. The van der Waals surface area contributed by atoms with Gasteiger partial charge >= 0.3 is 0 Å². The van der Waals surface area contributed by atoms with E-state index >= 15 is 0 Å². The number of piperidine rings is 1. The molecule has 0 saturated carbocycles. The Morgan fingerprint density at radius 2 is 2.10 bits per heavy atom. The Morgan fingerprint density at radius 3 is 2.81 bits per heavy atom. The number of likely N-dealkylation sites (tertiary alicyclic amines) is 1. The molecule has 0 aromatic rings. The molecule has 0 bridgehead atoms. The Bertz CT molecular complexity index is 778. The third-order valence-electron chi connectivity index (χ3n) is 7.46. The van der Waals surface area contributed by atoms with Crippen LogP contribution in [0.2, 0.25) is 0 Å². The molecule has 0 radical (unpaired) electrons. The number of hydrazone groups is 1. The summed E-state index contributed by atoms with van der Waals surface area (Å²) in [6, 6.07) is 0.855. The molecule has 170 valence electrons. The van der Waals surface area contributed by atoms with Gasteiger partial charge < -0.3 is 10.2 Å². The highest BCUT2D eigenvalue weighted by molar-refractivity contribution is 6.22. The molecule has 31 heavy (non-hydrogen) atoms. The van der Waals surface area contributed by atoms with Crippen LogP contribution in [0.1, 0.15) is 40.5 Å². The molecular weight excluding hydrogens is 404 g/mol. The first-order valence-electron chi connectivity index (χ1n) is 12.0. The topological polar surface area (TPSA) is 30.9 Å². The first-order valence-corrected chi connectivity index (χ1v) is 12.4. The molecule has 3 unspecified atom stereocenters. The summed E-state index contributed by atoms with van der Waals surface area (Å²) in [6.07, 6.45) is 19.7. The molecule has 4 nitrogen and oxygen atoms in total. The second-order valence-electron chi connectivity index (χ2n) is 10.7. The monoisotopic (exact) mass is 442 g/mol. The van der Waals surface area contributed by atoms with Gasteiger partial charge in [0, 0.05) is 44.0 Å². The van der Waals surface area contributed by atoms with Gasteiger partial charge in [0.2, 0.25) is 0 Å². The maximum absolute atomic E-state index is 6.25. The highest BCUT2D eigenvalue weighted by Crippen LogP contribution is 2.41. The minimum atomic E-state index is 0.168. The number of nitrogens with zero attached hydrogens (tertiary/aromatic N) is 3. The van der Waals surface area contributed by atoms with Crippen LogP contribution in [0.4, 0.5) is 0 Å². The van der Waals surface area contributed by atoms with E-state index in [0.29, 0.717) is 29.8 Å². The zero-order chi connectivity index (χ0) is 22.0. The Kier molecular flexibility index (Phi) is 7.10. The standard InChI is InChI=1S/C26H39ClN4/c1-19(2)24(28-15-21-16-29-31-13-6-5-7-25(21)31)17-30-14-12-23(26(3,4)18-30)20-8-10-22(27)11-9-20/h5-10,13,16,19,21-25,28H,11-12,14-15,17-18H2,1-4H3/t21?,22?,23-,24+,25?/m1/s1. The summed E-state index contributed by atoms with van der Waals surface area (Å²) in [4.78, 5) is 2.68. The first-order chi connectivity index (χ1) is 14.8. The molecule has 0 aromatic heterocycles. The normalized spacial score (nSPS) is 33.1. The Hall–Kier alpha value is -1.36. The van der Waals surface area contributed by atoms with E-state index in [2.05, 4.69) is 96.9 Å². The van der Waals surface area contributed by atoms with Crippen LogP contribution in [0, 0.1) is 23.2 Å². The highest BCUT2D eigenvalue weighted by Gasteiger charge is 2.38. The lowest BCUT2D eigenvalue weighted by atomic mass is 9.69. The summed E-state index contributed by atoms with van der Waals surface area (Å²) in [5.74, 6) is 1.66. The Labute approximate surface area is 193 Å². The van der Waals surface area contributed by atoms with Gasteiger partial charge in [0.25, 0.3) is 0 Å². The van der Waals surface area contributed by atoms with Crippen molar-refractivity contribution in [2.75, 3.05) is 26.2 Å². The fraction of sp³-hybridized carbons (Fsp3) is 0.654. The van der Waals surface area contributed by atoms with Crippen LogP contribution in [0.5, 0.6) is 0 Å². The molecular formula is C26H39ClN4. The summed E-state index contributed by atoms with van der Waals surface area (Å²) in [5, 5.41) is 10.7. The van der Waals surface area contributed by atoms with Gasteiger partial charge in [-0.05, 0) is 48.3 Å². The van der Waals surface area contributed by atoms with E-state index in [0.717, 1.165) is 26.1 Å². The molecule has 5 atom stereocenters. The molecule has 1 N–H and O–H groups in total. The third-order valence-corrected chi connectivity index (χ3v) is 7.78. The number of halogens is 1. The van der Waals surface area contributed by atoms with E-state index in [4.69, 9.17) is 11.6 Å². The number of nitrogens with one attached hydrogen (secondary N) is 1. The lowest BCUT2D eigenvalue weighted by Gasteiger charge is -2.46. The number of hydrogen-bond donors (Lipinski definition) is 1. The van der Waals surface area contributed by atoms with Gasteiger partial charge in [0.15, 0.2) is 0 Å². The molecule has 3 heterocycles. The van der Waals surface area contributed by atoms with Crippen molar-refractivity contribution in [1.82, 2.24) is 15.2 Å². The van der Waals surface area contributed by atoms with Gasteiger partial charge in [0.05, 0.1) is 11.4 Å². The molecule has 1 fully saturated rings. The minimum absolute atomic E-state index is 0.168. The molecule has 1 aliphatic carbocycles. The molecule has 0 spiro atoms. The molecule has 0 aromatic carbocycles. The van der Waals surface area contributed by atoms with E-state index in [-0.39, 0.29) is 10.8 Å². The van der Waals surface area contributed by atoms with Gasteiger partial charge in [-0.1, -0.05) is 58.1 Å². The summed E-state index contributed by atoms with van der Waals surface area (Å²) >= 11 is 6.25. The zero-order valence-corrected chi connectivity index (χ0v) is 20.3. The van der Waals surface area contributed by atoms with Crippen molar-refractivity contribution in [3.8, 4) is 0 Å². The van der Waals surface area contributed by atoms with Gasteiger partial charge in [-0.15, -0.1) is 11.6 Å². The van der Waals surface area contributed by atoms with Crippen LogP contribution < -0.4 is 5.32 Å². The SMILES string of the molecule is CC(C)[C@H](CN1CC[C@H](C2=CCC(Cl)C=C2)C(C)(C)C1)NCC1C=NN2C=CC=CC12. The van der Waals surface area contributed by atoms with Crippen LogP contribution >= 0.6 is 11.6 Å². The lowest BCUT2D eigenvalue weighted by Crippen LogP contribution is -2.52. The molecule has 4 aliphatic rings. The predicted octanol–water partition coefficient (Wildman–Crippen LogP) is 4.81. The van der Waals surface area contributed by atoms with Crippen molar-refractivity contribution in [2.45, 2.75) is 58.0 Å². The van der Waals surface area contributed by atoms with Crippen LogP contribution in [-0.4, -0.2) is 59.8 Å². The molecule has 1 saturated heterocycles. The van der Waals surface area contributed by atoms with Gasteiger partial charge in [-0.2, -0.15) is 5.10 Å². The smallest absolute Gasteiger partial charge is 0.0792 e. The van der Waals surface area contributed by atoms with Gasteiger partial charge in [0.1, 0.15) is 0 Å². The summed E-state index contributed by atoms with van der Waals surface area (Å²) < 4.78 is 0. The maximum atomic E-state index is 6.25. The van der Waals surface area contributed by atoms with Crippen molar-refractivity contribution < 1.29 is 0 Å². The van der Waals surface area contributed by atoms with E-state index < -0.39 is 0 Å². The summed E-state index contributed by atoms with van der Waals surface area (Å²) in [6.45, 7) is 14.0. The Morgan fingerprint density at radius 1 is 1.26 bits per heavy atom. The van der Waals surface area contributed by atoms with E-state index in [1.807, 2.05) is 0 Å². The fourth-order valence-electron chi connectivity index (χ4n) is 5.57. The van der Waals surface area contributed by atoms with Crippen molar-refractivity contribution >= 4 is 17.8 Å². The average molecular weight is 443 g/mol. The van der Waals surface area contributed by atoms with Crippen LogP contribution in [0.25, 0.3) is 0 Å². The van der Waals surface area contributed by atoms with Crippen LogP contribution in [0.15, 0.2) is 53.3 Å². The quantitative estimate of drug-likeness (QED) is 0.574. The minimum Gasteiger partial charge on any atom is -0.312 e. The number of fused-ring (bicyclic) bond motifs is 1. The summed E-state index contributed by atoms with van der Waals surface area (Å²) in [7, 11) is 0. The zero-order valence-electron chi connectivity index (χ0n) is 19.5. The number of alkyl halides is 1. The van der Waals surface area contributed by atoms with Crippen molar-refractivity contribution in [1.29, 1.82) is 0 Å². The number of rotatable bonds is 7. The van der Waals surface area contributed by atoms with E-state index in [1.165, 1.54) is 18.5 Å². The fourth-order valence-corrected chi connectivity index (χ4v) is 5.73. The maximum Gasteiger partial charge on any atom is 0.0792 e. The van der Waals surface area contributed by atoms with Gasteiger partial charge in [-0.3, -0.25) is 5.01 Å². The van der Waals surface area contributed by atoms with Crippen LogP contribution in [0.3, 0.4) is 0 Å². The Balaban J connectivity index is 1.32. The molecule has 4 rings (SSSR count). The predicted molar refractivity (Wildman–Crippen MR) is 132 cm³/mol. The van der Waals surface area contributed by atoms with Crippen molar-refractivity contribution in [3.05, 3.63) is 48.2 Å². The van der Waals surface area contributed by atoms with Gasteiger partial charge in [-0.25, -0.2) is 0 Å². The number of hydrogen-bond acceptors (Lipinski definition) is 4. The second kappa shape index (κ2) is 9.64. The van der Waals surface area contributed by atoms with Crippen LogP contribution in [-0.2, 0) is 0 Å². The van der Waals surface area contributed by atoms with Crippen molar-refractivity contribution in [3.63, 3.8) is 0 Å². The largest absolute Gasteiger partial charge is 0.312 e. The van der Waals surface area contributed by atoms with E-state index in [9.17, 15) is 0 Å². The molecule has 3 aliphatic heterocycles. The summed E-state index contributed by atoms with van der Waals surface area (Å²) in [5.41, 5.74) is 1.77. The highest BCUT2D eigenvalue weighted by atomic mass is 35.5. The molecule has 0 amide bonds. The van der Waals surface area contributed by atoms with E-state index in [1.54, 1.807) is 0 Å². The third kappa shape index (κ3) is 5.35.